The van der Waals surface area contributed by atoms with Gasteiger partial charge in [-0.25, -0.2) is 0 Å². The summed E-state index contributed by atoms with van der Waals surface area (Å²) >= 11 is 0. The molecule has 0 saturated carbocycles. The number of carbonyl (C=O) groups excluding carboxylic acids is 1. The van der Waals surface area contributed by atoms with Crippen LogP contribution in [-0.2, 0) is 17.6 Å². The van der Waals surface area contributed by atoms with Crippen LogP contribution < -0.4 is 10.1 Å². The number of H-pyrrole nitrogens is 1. The summed E-state index contributed by atoms with van der Waals surface area (Å²) < 4.78 is 5.24. The minimum absolute atomic E-state index is 0.0330. The number of nitrogens with one attached hydrogen (secondary N) is 2. The molecule has 1 aliphatic carbocycles. The van der Waals surface area contributed by atoms with Crippen molar-refractivity contribution in [2.75, 3.05) is 33.3 Å². The predicted molar refractivity (Wildman–Crippen MR) is 105 cm³/mol. The third-order valence-electron chi connectivity index (χ3n) is 5.81. The number of nitrogens with zero attached hydrogens (tertiary/aromatic N) is 2. The molecule has 2 aliphatic rings. The van der Waals surface area contributed by atoms with Gasteiger partial charge >= 0.3 is 0 Å². The molecule has 1 amide bonds. The van der Waals surface area contributed by atoms with E-state index in [0.717, 1.165) is 49.4 Å². The minimum Gasteiger partial charge on any atom is -0.497 e. The van der Waals surface area contributed by atoms with Crippen molar-refractivity contribution in [2.45, 2.75) is 32.1 Å². The maximum atomic E-state index is 12.7. The third-order valence-corrected chi connectivity index (χ3v) is 5.81. The molecule has 1 fully saturated rings. The van der Waals surface area contributed by atoms with Gasteiger partial charge in [-0.1, -0.05) is 0 Å². The lowest BCUT2D eigenvalue weighted by molar-refractivity contribution is -0.125. The second kappa shape index (κ2) is 8.13. The normalized spacial score (nSPS) is 19.7. The van der Waals surface area contributed by atoms with Gasteiger partial charge in [0.05, 0.1) is 12.8 Å². The second-order valence-corrected chi connectivity index (χ2v) is 7.54. The van der Waals surface area contributed by atoms with E-state index in [4.69, 9.17) is 4.74 Å². The molecule has 1 aliphatic heterocycles. The molecule has 1 atom stereocenters. The Labute approximate surface area is 160 Å². The van der Waals surface area contributed by atoms with E-state index in [1.54, 1.807) is 7.11 Å². The van der Waals surface area contributed by atoms with Gasteiger partial charge in [-0.3, -0.25) is 9.89 Å². The number of methoxy groups -OCH3 is 1. The quantitative estimate of drug-likeness (QED) is 0.821. The average Bonchev–Trinajstić information content (AvgIpc) is 3.37. The molecule has 2 heterocycles. The number of rotatable bonds is 6. The molecule has 6 nitrogen and oxygen atoms in total. The molecule has 0 spiro atoms. The van der Waals surface area contributed by atoms with Crippen LogP contribution in [0.25, 0.3) is 11.3 Å². The topological polar surface area (TPSA) is 70.2 Å². The van der Waals surface area contributed by atoms with Crippen molar-refractivity contribution >= 4 is 5.91 Å². The van der Waals surface area contributed by atoms with E-state index in [2.05, 4.69) is 20.4 Å². The van der Waals surface area contributed by atoms with E-state index < -0.39 is 0 Å². The zero-order valence-corrected chi connectivity index (χ0v) is 16.0. The van der Waals surface area contributed by atoms with Crippen molar-refractivity contribution in [1.82, 2.24) is 20.4 Å². The van der Waals surface area contributed by atoms with Crippen LogP contribution >= 0.6 is 0 Å². The van der Waals surface area contributed by atoms with Gasteiger partial charge in [-0.15, -0.1) is 0 Å². The lowest BCUT2D eigenvalue weighted by Gasteiger charge is -2.22. The smallest absolute Gasteiger partial charge is 0.223 e. The summed E-state index contributed by atoms with van der Waals surface area (Å²) in [7, 11) is 1.67. The highest BCUT2D eigenvalue weighted by atomic mass is 16.5. The number of aryl methyl sites for hydroxylation is 1. The fourth-order valence-electron chi connectivity index (χ4n) is 4.19. The van der Waals surface area contributed by atoms with Gasteiger partial charge < -0.3 is 15.0 Å². The lowest BCUT2D eigenvalue weighted by atomic mass is 9.85. The first-order chi connectivity index (χ1) is 13.2. The van der Waals surface area contributed by atoms with Crippen molar-refractivity contribution < 1.29 is 9.53 Å². The van der Waals surface area contributed by atoms with Gasteiger partial charge in [-0.05, 0) is 69.5 Å². The number of benzene rings is 1. The average molecular weight is 368 g/mol. The Bertz CT molecular complexity index is 778. The van der Waals surface area contributed by atoms with E-state index in [1.807, 2.05) is 24.3 Å². The highest BCUT2D eigenvalue weighted by Crippen LogP contribution is 2.32. The fraction of sp³-hybridized carbons (Fsp3) is 0.524. The minimum atomic E-state index is 0.0330. The summed E-state index contributed by atoms with van der Waals surface area (Å²) in [5, 5.41) is 10.8. The number of amides is 1. The van der Waals surface area contributed by atoms with Crippen LogP contribution in [0.5, 0.6) is 5.75 Å². The van der Waals surface area contributed by atoms with Crippen LogP contribution in [0.15, 0.2) is 24.3 Å². The van der Waals surface area contributed by atoms with Gasteiger partial charge in [0.15, 0.2) is 0 Å². The summed E-state index contributed by atoms with van der Waals surface area (Å²) in [5.74, 6) is 1.05. The molecule has 1 saturated heterocycles. The predicted octanol–water partition coefficient (Wildman–Crippen LogP) is 2.40. The standard InChI is InChI=1S/C21H28N4O2/c1-27-17-7-4-15(5-8-17)20-18-14-16(6-9-19(18)23-24-20)21(26)22-10-13-25-11-2-3-12-25/h4-5,7-8,16H,2-3,6,9-14H2,1H3,(H,22,26)(H,23,24)/t16-/m1/s1. The molecule has 2 aromatic rings. The van der Waals surface area contributed by atoms with Gasteiger partial charge in [0.1, 0.15) is 5.75 Å². The molecule has 2 N–H and O–H groups in total. The van der Waals surface area contributed by atoms with Crippen molar-refractivity contribution in [2.24, 2.45) is 5.92 Å². The fourth-order valence-corrected chi connectivity index (χ4v) is 4.19. The molecule has 0 bridgehead atoms. The largest absolute Gasteiger partial charge is 0.497 e. The number of hydrogen-bond acceptors (Lipinski definition) is 4. The monoisotopic (exact) mass is 368 g/mol. The van der Waals surface area contributed by atoms with Crippen molar-refractivity contribution in [1.29, 1.82) is 0 Å². The first kappa shape index (κ1) is 18.0. The zero-order chi connectivity index (χ0) is 18.6. The number of aromatic amines is 1. The SMILES string of the molecule is COc1ccc(-c2n[nH]c3c2C[C@H](C(=O)NCCN2CCCC2)CC3)cc1. The maximum Gasteiger partial charge on any atom is 0.223 e. The molecule has 1 aromatic heterocycles. The Kier molecular flexibility index (Phi) is 5.43. The Morgan fingerprint density at radius 2 is 2.07 bits per heavy atom. The summed E-state index contributed by atoms with van der Waals surface area (Å²) in [5.41, 5.74) is 4.37. The van der Waals surface area contributed by atoms with Crippen molar-refractivity contribution in [3.05, 3.63) is 35.5 Å². The number of likely N-dealkylation sites (tertiary alicyclic amines) is 1. The Morgan fingerprint density at radius 3 is 2.81 bits per heavy atom. The van der Waals surface area contributed by atoms with E-state index in [0.29, 0.717) is 0 Å². The van der Waals surface area contributed by atoms with Crippen LogP contribution in [0.1, 0.15) is 30.5 Å². The molecule has 27 heavy (non-hydrogen) atoms. The first-order valence-corrected chi connectivity index (χ1v) is 9.95. The third kappa shape index (κ3) is 4.00. The van der Waals surface area contributed by atoms with Gasteiger partial charge in [0.25, 0.3) is 0 Å². The van der Waals surface area contributed by atoms with E-state index in [9.17, 15) is 4.79 Å². The first-order valence-electron chi connectivity index (χ1n) is 9.95. The second-order valence-electron chi connectivity index (χ2n) is 7.54. The molecular formula is C21H28N4O2. The lowest BCUT2D eigenvalue weighted by Crippen LogP contribution is -2.38. The molecular weight excluding hydrogens is 340 g/mol. The number of aromatic nitrogens is 2. The van der Waals surface area contributed by atoms with Gasteiger partial charge in [0.2, 0.25) is 5.91 Å². The summed E-state index contributed by atoms with van der Waals surface area (Å²) in [6.07, 6.45) is 5.08. The Balaban J connectivity index is 1.39. The van der Waals surface area contributed by atoms with Crippen LogP contribution in [0.2, 0.25) is 0 Å². The van der Waals surface area contributed by atoms with Crippen molar-refractivity contribution in [3.63, 3.8) is 0 Å². The van der Waals surface area contributed by atoms with Crippen molar-refractivity contribution in [3.8, 4) is 17.0 Å². The van der Waals surface area contributed by atoms with Crippen LogP contribution in [-0.4, -0.2) is 54.3 Å². The zero-order valence-electron chi connectivity index (χ0n) is 16.0. The molecule has 4 rings (SSSR count). The highest BCUT2D eigenvalue weighted by Gasteiger charge is 2.28. The summed E-state index contributed by atoms with van der Waals surface area (Å²) in [6, 6.07) is 7.94. The summed E-state index contributed by atoms with van der Waals surface area (Å²) in [6.45, 7) is 4.05. The van der Waals surface area contributed by atoms with E-state index in [-0.39, 0.29) is 11.8 Å². The number of hydrogen-bond donors (Lipinski definition) is 2. The number of fused-ring (bicyclic) bond motifs is 1. The summed E-state index contributed by atoms with van der Waals surface area (Å²) in [4.78, 5) is 15.1. The van der Waals surface area contributed by atoms with Crippen LogP contribution in [0, 0.1) is 5.92 Å². The van der Waals surface area contributed by atoms with Gasteiger partial charge in [0, 0.05) is 35.8 Å². The molecule has 6 heteroatoms. The van der Waals surface area contributed by atoms with Crippen LogP contribution in [0.3, 0.4) is 0 Å². The highest BCUT2D eigenvalue weighted by molar-refractivity contribution is 5.80. The number of carbonyl (C=O) groups is 1. The van der Waals surface area contributed by atoms with Gasteiger partial charge in [-0.2, -0.15) is 5.10 Å². The van der Waals surface area contributed by atoms with Crippen LogP contribution in [0.4, 0.5) is 0 Å². The van der Waals surface area contributed by atoms with E-state index >= 15 is 0 Å². The maximum absolute atomic E-state index is 12.7. The molecule has 0 radical (unpaired) electrons. The number of ether oxygens (including phenoxy) is 1. The Morgan fingerprint density at radius 1 is 1.30 bits per heavy atom. The molecule has 144 valence electrons. The Hall–Kier alpha value is -2.34. The molecule has 1 aromatic carbocycles. The molecule has 0 unspecified atom stereocenters. The van der Waals surface area contributed by atoms with E-state index in [1.165, 1.54) is 37.2 Å².